The van der Waals surface area contributed by atoms with Crippen LogP contribution in [0.15, 0.2) is 38.6 Å². The van der Waals surface area contributed by atoms with Gasteiger partial charge < -0.3 is 0 Å². The van der Waals surface area contributed by atoms with Crippen LogP contribution in [0.5, 0.6) is 0 Å². The van der Waals surface area contributed by atoms with E-state index in [-0.39, 0.29) is 5.38 Å². The molecule has 0 fully saturated rings. The summed E-state index contributed by atoms with van der Waals surface area (Å²) in [7, 11) is 0. The Morgan fingerprint density at radius 3 is 2.44 bits per heavy atom. The van der Waals surface area contributed by atoms with E-state index >= 15 is 0 Å². The third-order valence-electron chi connectivity index (χ3n) is 2.08. The molecule has 16 heavy (non-hydrogen) atoms. The molecule has 0 nitrogen and oxygen atoms in total. The molecule has 0 radical (unpaired) electrons. The molecule has 0 amide bonds. The van der Waals surface area contributed by atoms with Crippen LogP contribution in [0.3, 0.4) is 0 Å². The molecule has 0 N–H and O–H groups in total. The number of rotatable bonds is 2. The Morgan fingerprint density at radius 2 is 1.88 bits per heavy atom. The second-order valence-electron chi connectivity index (χ2n) is 3.17. The maximum Gasteiger partial charge on any atom is 0.0939 e. The Bertz CT molecular complexity index is 510. The first kappa shape index (κ1) is 12.9. The van der Waals surface area contributed by atoms with Crippen molar-refractivity contribution in [1.29, 1.82) is 0 Å². The topological polar surface area (TPSA) is 0 Å². The van der Waals surface area contributed by atoms with Crippen molar-refractivity contribution < 1.29 is 0 Å². The fourth-order valence-corrected chi connectivity index (χ4v) is 4.19. The molecular weight excluding hydrogens is 395 g/mol. The van der Waals surface area contributed by atoms with Gasteiger partial charge in [0.05, 0.1) is 9.16 Å². The summed E-state index contributed by atoms with van der Waals surface area (Å²) >= 11 is 20.9. The minimum atomic E-state index is -0.150. The Balaban J connectivity index is 2.37. The van der Waals surface area contributed by atoms with Gasteiger partial charge in [0.2, 0.25) is 0 Å². The lowest BCUT2D eigenvalue weighted by Gasteiger charge is -2.10. The summed E-state index contributed by atoms with van der Waals surface area (Å²) in [5.41, 5.74) is 1.03. The number of benzene rings is 1. The van der Waals surface area contributed by atoms with Gasteiger partial charge in [0.25, 0.3) is 0 Å². The molecule has 0 aliphatic heterocycles. The van der Waals surface area contributed by atoms with E-state index in [9.17, 15) is 0 Å². The van der Waals surface area contributed by atoms with Gasteiger partial charge in [0.1, 0.15) is 0 Å². The van der Waals surface area contributed by atoms with Crippen LogP contribution in [0.25, 0.3) is 0 Å². The van der Waals surface area contributed by atoms with Crippen molar-refractivity contribution in [1.82, 2.24) is 0 Å². The van der Waals surface area contributed by atoms with Crippen molar-refractivity contribution in [3.8, 4) is 0 Å². The van der Waals surface area contributed by atoms with Crippen molar-refractivity contribution in [2.24, 2.45) is 0 Å². The summed E-state index contributed by atoms with van der Waals surface area (Å²) in [6, 6.07) is 9.67. The highest BCUT2D eigenvalue weighted by Crippen LogP contribution is 2.39. The highest BCUT2D eigenvalue weighted by atomic mass is 79.9. The van der Waals surface area contributed by atoms with Gasteiger partial charge in [0.15, 0.2) is 0 Å². The zero-order chi connectivity index (χ0) is 11.7. The first-order valence-electron chi connectivity index (χ1n) is 4.42. The number of halogens is 4. The van der Waals surface area contributed by atoms with Crippen LogP contribution in [0.2, 0.25) is 5.02 Å². The first-order valence-corrected chi connectivity index (χ1v) is 7.64. The summed E-state index contributed by atoms with van der Waals surface area (Å²) in [4.78, 5) is 1.11. The Kier molecular flexibility index (Phi) is 4.36. The summed E-state index contributed by atoms with van der Waals surface area (Å²) in [5, 5.41) is 0.551. The van der Waals surface area contributed by atoms with E-state index in [0.29, 0.717) is 5.02 Å². The van der Waals surface area contributed by atoms with E-state index < -0.39 is 0 Å². The lowest BCUT2D eigenvalue weighted by molar-refractivity contribution is 1.17. The number of alkyl halides is 1. The molecule has 0 saturated heterocycles. The van der Waals surface area contributed by atoms with Crippen molar-refractivity contribution in [2.45, 2.75) is 5.38 Å². The maximum absolute atomic E-state index is 6.42. The molecule has 1 heterocycles. The minimum Gasteiger partial charge on any atom is -0.131 e. The molecule has 2 rings (SSSR count). The molecule has 0 spiro atoms. The molecule has 84 valence electrons. The zero-order valence-electron chi connectivity index (χ0n) is 7.88. The molecule has 0 saturated carbocycles. The van der Waals surface area contributed by atoms with Crippen molar-refractivity contribution >= 4 is 66.4 Å². The highest BCUT2D eigenvalue weighted by molar-refractivity contribution is 9.11. The van der Waals surface area contributed by atoms with Crippen LogP contribution >= 0.6 is 66.4 Å². The van der Waals surface area contributed by atoms with Crippen LogP contribution in [-0.2, 0) is 0 Å². The molecule has 1 aromatic heterocycles. The van der Waals surface area contributed by atoms with Crippen molar-refractivity contribution in [3.63, 3.8) is 0 Å². The predicted molar refractivity (Wildman–Crippen MR) is 78.9 cm³/mol. The highest BCUT2D eigenvalue weighted by Gasteiger charge is 2.15. The average molecular weight is 401 g/mol. The second-order valence-corrected chi connectivity index (χ2v) is 7.39. The third kappa shape index (κ3) is 2.82. The molecule has 1 atom stereocenters. The van der Waals surface area contributed by atoms with Gasteiger partial charge in [-0.3, -0.25) is 0 Å². The van der Waals surface area contributed by atoms with E-state index in [1.54, 1.807) is 11.3 Å². The fourth-order valence-electron chi connectivity index (χ4n) is 1.32. The molecule has 0 aliphatic carbocycles. The molecule has 0 bridgehead atoms. The van der Waals surface area contributed by atoms with Gasteiger partial charge in [-0.2, -0.15) is 0 Å². The van der Waals surface area contributed by atoms with Crippen LogP contribution < -0.4 is 0 Å². The van der Waals surface area contributed by atoms with Gasteiger partial charge in [-0.05, 0) is 45.8 Å². The van der Waals surface area contributed by atoms with E-state index in [1.807, 2.05) is 30.3 Å². The van der Waals surface area contributed by atoms with Gasteiger partial charge in [-0.1, -0.05) is 33.6 Å². The lowest BCUT2D eigenvalue weighted by atomic mass is 10.1. The minimum absolute atomic E-state index is 0.150. The van der Waals surface area contributed by atoms with Crippen LogP contribution in [-0.4, -0.2) is 0 Å². The van der Waals surface area contributed by atoms with E-state index in [4.69, 9.17) is 23.2 Å². The third-order valence-corrected chi connectivity index (χ3v) is 5.29. The summed E-state index contributed by atoms with van der Waals surface area (Å²) in [5.74, 6) is 0. The normalized spacial score (nSPS) is 12.8. The van der Waals surface area contributed by atoms with Crippen molar-refractivity contribution in [3.05, 3.63) is 54.1 Å². The molecule has 1 unspecified atom stereocenters. The van der Waals surface area contributed by atoms with E-state index in [0.717, 1.165) is 18.7 Å². The smallest absolute Gasteiger partial charge is 0.0939 e. The van der Waals surface area contributed by atoms with Crippen LogP contribution in [0, 0.1) is 0 Å². The van der Waals surface area contributed by atoms with E-state index in [1.165, 1.54) is 0 Å². The largest absolute Gasteiger partial charge is 0.131 e. The van der Waals surface area contributed by atoms with Gasteiger partial charge in [-0.15, -0.1) is 22.9 Å². The quantitative estimate of drug-likeness (QED) is 0.522. The van der Waals surface area contributed by atoms with Crippen LogP contribution in [0.1, 0.15) is 15.8 Å². The molecule has 0 aliphatic rings. The molecular formula is C11H6Br2Cl2S. The monoisotopic (exact) mass is 398 g/mol. The maximum atomic E-state index is 6.42. The zero-order valence-corrected chi connectivity index (χ0v) is 13.4. The standard InChI is InChI=1S/C11H6Br2Cl2S/c12-8-5-6(14)1-2-7(8)11(15)9-3-4-10(13)16-9/h1-5,11H. The lowest BCUT2D eigenvalue weighted by Crippen LogP contribution is -1.91. The first-order chi connectivity index (χ1) is 7.58. The summed E-state index contributed by atoms with van der Waals surface area (Å²) in [6.07, 6.45) is 0. The van der Waals surface area contributed by atoms with Crippen LogP contribution in [0.4, 0.5) is 0 Å². The number of thiophene rings is 1. The SMILES string of the molecule is Clc1ccc(C(Cl)c2ccc(Br)s2)c(Br)c1. The van der Waals surface area contributed by atoms with Gasteiger partial charge >= 0.3 is 0 Å². The molecule has 1 aromatic carbocycles. The Hall–Kier alpha value is 0.460. The fraction of sp³-hybridized carbons (Fsp3) is 0.0909. The Labute approximate surface area is 125 Å². The second kappa shape index (κ2) is 5.40. The number of hydrogen-bond acceptors (Lipinski definition) is 1. The Morgan fingerprint density at radius 1 is 1.12 bits per heavy atom. The molecule has 5 heteroatoms. The van der Waals surface area contributed by atoms with Gasteiger partial charge in [-0.25, -0.2) is 0 Å². The van der Waals surface area contributed by atoms with Crippen molar-refractivity contribution in [2.75, 3.05) is 0 Å². The van der Waals surface area contributed by atoms with E-state index in [2.05, 4.69) is 31.9 Å². The predicted octanol–water partition coefficient (Wildman–Crippen LogP) is 6.25. The summed E-state index contributed by atoms with van der Waals surface area (Å²) in [6.45, 7) is 0. The number of hydrogen-bond donors (Lipinski definition) is 0. The molecule has 2 aromatic rings. The summed E-state index contributed by atoms with van der Waals surface area (Å²) < 4.78 is 2.02. The van der Waals surface area contributed by atoms with Gasteiger partial charge in [0, 0.05) is 14.4 Å². The average Bonchev–Trinajstić information content (AvgIpc) is 2.64.